The number of hydrogen-bond donors (Lipinski definition) is 2. The molecule has 0 saturated heterocycles. The highest BCUT2D eigenvalue weighted by Gasteiger charge is 2.21. The van der Waals surface area contributed by atoms with Crippen LogP contribution in [0.5, 0.6) is 0 Å². The van der Waals surface area contributed by atoms with Crippen molar-refractivity contribution in [3.05, 3.63) is 65.0 Å². The molecule has 34 heavy (non-hydrogen) atoms. The van der Waals surface area contributed by atoms with E-state index in [9.17, 15) is 14.9 Å². The summed E-state index contributed by atoms with van der Waals surface area (Å²) < 4.78 is 0. The minimum Gasteiger partial charge on any atom is -0.326 e. The van der Waals surface area contributed by atoms with Gasteiger partial charge in [0.15, 0.2) is 0 Å². The first-order chi connectivity index (χ1) is 16.5. The summed E-state index contributed by atoms with van der Waals surface area (Å²) in [6, 6.07) is 17.8. The average Bonchev–Trinajstić information content (AvgIpc) is 3.26. The summed E-state index contributed by atoms with van der Waals surface area (Å²) >= 11 is 2.76. The number of benzene rings is 2. The Balaban J connectivity index is 1.34. The minimum atomic E-state index is -0.171. The number of thiophene rings is 1. The lowest BCUT2D eigenvalue weighted by Crippen LogP contribution is -2.24. The van der Waals surface area contributed by atoms with Gasteiger partial charge < -0.3 is 10.6 Å². The van der Waals surface area contributed by atoms with Crippen LogP contribution in [0.1, 0.15) is 43.2 Å². The number of carbonyl (C=O) groups excluding carboxylic acids is 2. The van der Waals surface area contributed by atoms with E-state index < -0.39 is 0 Å². The topological polar surface area (TPSA) is 82.0 Å². The number of carbonyl (C=O) groups is 2. The molecule has 1 heterocycles. The van der Waals surface area contributed by atoms with E-state index in [4.69, 9.17) is 0 Å². The lowest BCUT2D eigenvalue weighted by molar-refractivity contribution is -0.120. The molecule has 2 N–H and O–H groups in total. The van der Waals surface area contributed by atoms with Gasteiger partial charge in [-0.25, -0.2) is 0 Å². The number of thioether (sulfide) groups is 1. The van der Waals surface area contributed by atoms with Gasteiger partial charge in [0.2, 0.25) is 11.8 Å². The average molecular weight is 490 g/mol. The summed E-state index contributed by atoms with van der Waals surface area (Å²) in [7, 11) is 0. The lowest BCUT2D eigenvalue weighted by atomic mass is 9.88. The quantitative estimate of drug-likeness (QED) is 0.356. The second-order valence-corrected chi connectivity index (χ2v) is 10.4. The van der Waals surface area contributed by atoms with Crippen molar-refractivity contribution < 1.29 is 9.59 Å². The molecule has 0 unspecified atom stereocenters. The second kappa shape index (κ2) is 11.4. The number of aryl methyl sites for hydroxylation is 1. The van der Waals surface area contributed by atoms with Crippen LogP contribution in [-0.2, 0) is 9.59 Å². The van der Waals surface area contributed by atoms with Gasteiger partial charge in [-0.3, -0.25) is 9.59 Å². The molecule has 1 aliphatic rings. The van der Waals surface area contributed by atoms with Crippen molar-refractivity contribution in [2.24, 2.45) is 5.92 Å². The van der Waals surface area contributed by atoms with Crippen LogP contribution in [0.4, 0.5) is 10.7 Å². The highest BCUT2D eigenvalue weighted by atomic mass is 32.2. The van der Waals surface area contributed by atoms with E-state index in [-0.39, 0.29) is 23.5 Å². The zero-order valence-corrected chi connectivity index (χ0v) is 20.7. The largest absolute Gasteiger partial charge is 0.326 e. The van der Waals surface area contributed by atoms with Gasteiger partial charge in [0, 0.05) is 27.4 Å². The van der Waals surface area contributed by atoms with Gasteiger partial charge in [-0.05, 0) is 43.5 Å². The fourth-order valence-electron chi connectivity index (χ4n) is 4.09. The van der Waals surface area contributed by atoms with Crippen molar-refractivity contribution in [2.45, 2.75) is 43.9 Å². The summed E-state index contributed by atoms with van der Waals surface area (Å²) in [6.07, 6.45) is 5.37. The molecule has 0 bridgehead atoms. The van der Waals surface area contributed by atoms with E-state index in [0.29, 0.717) is 10.6 Å². The van der Waals surface area contributed by atoms with Crippen molar-refractivity contribution in [3.8, 4) is 17.2 Å². The molecule has 1 saturated carbocycles. The first-order valence-electron chi connectivity index (χ1n) is 11.5. The number of nitrogens with zero attached hydrogens (tertiary/aromatic N) is 1. The Kier molecular flexibility index (Phi) is 8.04. The van der Waals surface area contributed by atoms with Crippen LogP contribution >= 0.6 is 23.1 Å². The van der Waals surface area contributed by atoms with E-state index in [1.165, 1.54) is 29.5 Å². The standard InChI is InChI=1S/C27H27N3O2S2/c1-18-10-12-19(13-11-18)24-16-34-27(23(24)15-28)30-25(31)17-33-22-9-5-8-21(14-22)29-26(32)20-6-3-2-4-7-20/h5,8-14,16,20H,2-4,6-7,17H2,1H3,(H,29,32)(H,30,31). The monoisotopic (exact) mass is 489 g/mol. The van der Waals surface area contributed by atoms with Gasteiger partial charge in [0.1, 0.15) is 11.1 Å². The molecular weight excluding hydrogens is 462 g/mol. The summed E-state index contributed by atoms with van der Waals surface area (Å²) in [5.74, 6) is 0.227. The van der Waals surface area contributed by atoms with Gasteiger partial charge in [-0.15, -0.1) is 23.1 Å². The SMILES string of the molecule is Cc1ccc(-c2csc(NC(=O)CSc3cccc(NC(=O)C4CCCCC4)c3)c2C#N)cc1. The molecule has 5 nitrogen and oxygen atoms in total. The zero-order chi connectivity index (χ0) is 23.9. The Labute approximate surface area is 208 Å². The molecule has 3 aromatic rings. The Bertz CT molecular complexity index is 1210. The molecule has 2 aromatic carbocycles. The van der Waals surface area contributed by atoms with Crippen molar-refractivity contribution in [3.63, 3.8) is 0 Å². The summed E-state index contributed by atoms with van der Waals surface area (Å²) in [4.78, 5) is 26.0. The maximum absolute atomic E-state index is 12.6. The molecule has 1 aliphatic carbocycles. The molecule has 4 rings (SSSR count). The normalized spacial score (nSPS) is 13.8. The minimum absolute atomic E-state index is 0.0886. The summed E-state index contributed by atoms with van der Waals surface area (Å²) in [5.41, 5.74) is 4.19. The van der Waals surface area contributed by atoms with Crippen LogP contribution in [-0.4, -0.2) is 17.6 Å². The van der Waals surface area contributed by atoms with Crippen molar-refractivity contribution in [1.82, 2.24) is 0 Å². The van der Waals surface area contributed by atoms with Crippen molar-refractivity contribution in [2.75, 3.05) is 16.4 Å². The van der Waals surface area contributed by atoms with Crippen LogP contribution < -0.4 is 10.6 Å². The molecule has 1 fully saturated rings. The third-order valence-electron chi connectivity index (χ3n) is 5.97. The number of nitriles is 1. The highest BCUT2D eigenvalue weighted by Crippen LogP contribution is 2.35. The van der Waals surface area contributed by atoms with Gasteiger partial charge in [-0.2, -0.15) is 5.26 Å². The van der Waals surface area contributed by atoms with E-state index in [1.54, 1.807) is 0 Å². The van der Waals surface area contributed by atoms with Crippen molar-refractivity contribution >= 4 is 45.6 Å². The van der Waals surface area contributed by atoms with E-state index in [0.717, 1.165) is 53.0 Å². The first kappa shape index (κ1) is 24.1. The smallest absolute Gasteiger partial charge is 0.235 e. The molecule has 174 valence electrons. The third-order valence-corrected chi connectivity index (χ3v) is 7.86. The predicted octanol–water partition coefficient (Wildman–Crippen LogP) is 6.84. The van der Waals surface area contributed by atoms with Crippen LogP contribution in [0.25, 0.3) is 11.1 Å². The van der Waals surface area contributed by atoms with E-state index in [2.05, 4.69) is 16.7 Å². The molecule has 1 aromatic heterocycles. The molecule has 7 heteroatoms. The van der Waals surface area contributed by atoms with Crippen LogP contribution in [0.15, 0.2) is 58.8 Å². The van der Waals surface area contributed by atoms with Gasteiger partial charge in [0.05, 0.1) is 11.3 Å². The van der Waals surface area contributed by atoms with Crippen LogP contribution in [0.2, 0.25) is 0 Å². The number of anilines is 2. The van der Waals surface area contributed by atoms with Crippen LogP contribution in [0, 0.1) is 24.2 Å². The number of amides is 2. The third kappa shape index (κ3) is 6.07. The van der Waals surface area contributed by atoms with Crippen molar-refractivity contribution in [1.29, 1.82) is 5.26 Å². The fourth-order valence-corrected chi connectivity index (χ4v) is 5.78. The van der Waals surface area contributed by atoms with Gasteiger partial charge in [0.25, 0.3) is 0 Å². The molecule has 2 amide bonds. The number of hydrogen-bond acceptors (Lipinski definition) is 5. The Morgan fingerprint density at radius 3 is 2.59 bits per heavy atom. The Morgan fingerprint density at radius 2 is 1.85 bits per heavy atom. The molecule has 0 atom stereocenters. The lowest BCUT2D eigenvalue weighted by Gasteiger charge is -2.20. The molecule has 0 spiro atoms. The first-order valence-corrected chi connectivity index (χ1v) is 13.3. The maximum Gasteiger partial charge on any atom is 0.235 e. The zero-order valence-electron chi connectivity index (χ0n) is 19.1. The van der Waals surface area contributed by atoms with E-state index in [1.807, 2.05) is 60.8 Å². The van der Waals surface area contributed by atoms with Gasteiger partial charge in [-0.1, -0.05) is 55.2 Å². The molecule has 0 aliphatic heterocycles. The second-order valence-electron chi connectivity index (χ2n) is 8.52. The Hall–Kier alpha value is -3.08. The van der Waals surface area contributed by atoms with Crippen LogP contribution in [0.3, 0.4) is 0 Å². The predicted molar refractivity (Wildman–Crippen MR) is 140 cm³/mol. The number of rotatable bonds is 7. The van der Waals surface area contributed by atoms with Gasteiger partial charge >= 0.3 is 0 Å². The fraction of sp³-hybridized carbons (Fsp3) is 0.296. The number of nitrogens with one attached hydrogen (secondary N) is 2. The molecule has 0 radical (unpaired) electrons. The summed E-state index contributed by atoms with van der Waals surface area (Å²) in [5, 5.41) is 18.1. The van der Waals surface area contributed by atoms with E-state index >= 15 is 0 Å². The summed E-state index contributed by atoms with van der Waals surface area (Å²) in [6.45, 7) is 2.02. The Morgan fingerprint density at radius 1 is 1.09 bits per heavy atom. The molecular formula is C27H27N3O2S2. The maximum atomic E-state index is 12.6. The highest BCUT2D eigenvalue weighted by molar-refractivity contribution is 8.00.